The Morgan fingerprint density at radius 1 is 1.00 bits per heavy atom. The van der Waals surface area contributed by atoms with E-state index in [0.29, 0.717) is 6.42 Å². The number of hydrogen-bond acceptors (Lipinski definition) is 3. The van der Waals surface area contributed by atoms with Crippen LogP contribution in [0.2, 0.25) is 0 Å². The first-order valence-electron chi connectivity index (χ1n) is 7.59. The molecule has 7 heteroatoms. The van der Waals surface area contributed by atoms with Gasteiger partial charge in [-0.15, -0.1) is 0 Å². The SMILES string of the molecule is CCCCCCCCCCC(CC)(C(=O)[O-])P(=O)(O)O.[Na+]. The van der Waals surface area contributed by atoms with Crippen LogP contribution in [0.4, 0.5) is 0 Å². The summed E-state index contributed by atoms with van der Waals surface area (Å²) in [5.74, 6) is -1.63. The molecule has 1 atom stereocenters. The fraction of sp³-hybridized carbons (Fsp3) is 0.929. The van der Waals surface area contributed by atoms with E-state index in [4.69, 9.17) is 0 Å². The van der Waals surface area contributed by atoms with Crippen LogP contribution < -0.4 is 34.7 Å². The van der Waals surface area contributed by atoms with Gasteiger partial charge in [0.2, 0.25) is 0 Å². The second-order valence-electron chi connectivity index (χ2n) is 5.44. The van der Waals surface area contributed by atoms with Gasteiger partial charge in [-0.05, 0) is 12.8 Å². The van der Waals surface area contributed by atoms with E-state index < -0.39 is 18.7 Å². The van der Waals surface area contributed by atoms with E-state index in [1.807, 2.05) is 0 Å². The monoisotopic (exact) mass is 330 g/mol. The second kappa shape index (κ2) is 12.1. The number of aliphatic carboxylic acids is 1. The second-order valence-corrected chi connectivity index (χ2v) is 7.39. The third-order valence-corrected chi connectivity index (χ3v) is 5.80. The molecule has 0 aliphatic carbocycles. The van der Waals surface area contributed by atoms with Crippen molar-refractivity contribution in [1.29, 1.82) is 0 Å². The number of hydrogen-bond donors (Lipinski definition) is 2. The first-order valence-corrected chi connectivity index (χ1v) is 9.20. The van der Waals surface area contributed by atoms with Crippen LogP contribution in [-0.2, 0) is 9.36 Å². The maximum Gasteiger partial charge on any atom is 1.00 e. The summed E-state index contributed by atoms with van der Waals surface area (Å²) in [5.41, 5.74) is 0. The van der Waals surface area contributed by atoms with E-state index in [-0.39, 0.29) is 42.4 Å². The number of carbonyl (C=O) groups excluding carboxylic acids is 1. The minimum Gasteiger partial charge on any atom is -0.549 e. The van der Waals surface area contributed by atoms with Gasteiger partial charge in [0.1, 0.15) is 5.16 Å². The predicted molar refractivity (Wildman–Crippen MR) is 77.3 cm³/mol. The first kappa shape index (κ1) is 23.9. The van der Waals surface area contributed by atoms with Crippen LogP contribution in [0.5, 0.6) is 0 Å². The fourth-order valence-electron chi connectivity index (χ4n) is 2.45. The smallest absolute Gasteiger partial charge is 0.549 e. The summed E-state index contributed by atoms with van der Waals surface area (Å²) < 4.78 is 11.4. The van der Waals surface area contributed by atoms with E-state index in [0.717, 1.165) is 19.3 Å². The van der Waals surface area contributed by atoms with E-state index in [1.54, 1.807) is 0 Å². The summed E-state index contributed by atoms with van der Waals surface area (Å²) in [6, 6.07) is 0. The van der Waals surface area contributed by atoms with Gasteiger partial charge in [0.15, 0.2) is 0 Å². The zero-order valence-electron chi connectivity index (χ0n) is 13.6. The average Bonchev–Trinajstić information content (AvgIpc) is 2.35. The minimum atomic E-state index is -4.70. The van der Waals surface area contributed by atoms with Crippen LogP contribution >= 0.6 is 7.60 Å². The molecule has 21 heavy (non-hydrogen) atoms. The Hall–Kier alpha value is 0.620. The molecule has 0 saturated heterocycles. The molecule has 0 aromatic rings. The third kappa shape index (κ3) is 8.15. The van der Waals surface area contributed by atoms with E-state index >= 15 is 0 Å². The molecule has 0 amide bonds. The molecule has 0 aliphatic rings. The Labute approximate surface area is 150 Å². The van der Waals surface area contributed by atoms with Gasteiger partial charge in [-0.25, -0.2) is 0 Å². The number of carbonyl (C=O) groups is 1. The van der Waals surface area contributed by atoms with Crippen molar-refractivity contribution in [3.63, 3.8) is 0 Å². The molecule has 0 saturated carbocycles. The molecule has 0 aliphatic heterocycles. The van der Waals surface area contributed by atoms with Crippen molar-refractivity contribution >= 4 is 13.6 Å². The summed E-state index contributed by atoms with van der Waals surface area (Å²) in [7, 11) is -4.70. The summed E-state index contributed by atoms with van der Waals surface area (Å²) in [6.45, 7) is 3.64. The molecule has 0 aromatic heterocycles. The average molecular weight is 330 g/mol. The van der Waals surface area contributed by atoms with Crippen molar-refractivity contribution in [2.45, 2.75) is 83.2 Å². The molecule has 0 bridgehead atoms. The van der Waals surface area contributed by atoms with Gasteiger partial charge in [-0.1, -0.05) is 65.2 Å². The van der Waals surface area contributed by atoms with Crippen LogP contribution in [0.15, 0.2) is 0 Å². The summed E-state index contributed by atoms with van der Waals surface area (Å²) >= 11 is 0. The van der Waals surface area contributed by atoms with Crippen LogP contribution in [0.3, 0.4) is 0 Å². The Morgan fingerprint density at radius 3 is 1.76 bits per heavy atom. The molecule has 1 unspecified atom stereocenters. The van der Waals surface area contributed by atoms with Crippen LogP contribution in [0, 0.1) is 0 Å². The standard InChI is InChI=1S/C14H29O5P.Na/c1-3-5-6-7-8-9-10-11-12-14(4-2,13(15)16)20(17,18)19;/h3-12H2,1-2H3,(H,15,16)(H2,17,18,19);/q;+1/p-1. The maximum absolute atomic E-state index is 11.4. The topological polar surface area (TPSA) is 97.7 Å². The van der Waals surface area contributed by atoms with Crippen molar-refractivity contribution in [1.82, 2.24) is 0 Å². The predicted octanol–water partition coefficient (Wildman–Crippen LogP) is -0.402. The number of rotatable bonds is 12. The maximum atomic E-state index is 11.4. The van der Waals surface area contributed by atoms with Crippen molar-refractivity contribution in [2.24, 2.45) is 0 Å². The number of unbranched alkanes of at least 4 members (excludes halogenated alkanes) is 7. The molecule has 0 rings (SSSR count). The van der Waals surface area contributed by atoms with E-state index in [9.17, 15) is 24.3 Å². The van der Waals surface area contributed by atoms with Crippen molar-refractivity contribution in [3.8, 4) is 0 Å². The van der Waals surface area contributed by atoms with Gasteiger partial charge in [-0.3, -0.25) is 4.57 Å². The largest absolute Gasteiger partial charge is 1.00 e. The van der Waals surface area contributed by atoms with Gasteiger partial charge >= 0.3 is 37.2 Å². The van der Waals surface area contributed by atoms with Crippen LogP contribution in [-0.4, -0.2) is 20.9 Å². The summed E-state index contributed by atoms with van der Waals surface area (Å²) in [5, 5.41) is 9.13. The third-order valence-electron chi connectivity index (χ3n) is 3.97. The van der Waals surface area contributed by atoms with Gasteiger partial charge in [0.05, 0.1) is 5.97 Å². The van der Waals surface area contributed by atoms with Gasteiger partial charge < -0.3 is 19.7 Å². The molecule has 0 aromatic carbocycles. The van der Waals surface area contributed by atoms with Crippen LogP contribution in [0.1, 0.15) is 78.1 Å². The first-order chi connectivity index (χ1) is 9.31. The van der Waals surface area contributed by atoms with Crippen molar-refractivity contribution < 1.29 is 53.8 Å². The fourth-order valence-corrected chi connectivity index (χ4v) is 3.54. The Balaban J connectivity index is 0. The summed E-state index contributed by atoms with van der Waals surface area (Å²) in [4.78, 5) is 29.7. The number of carboxylic acid groups (broad SMARTS) is 1. The molecular formula is C14H28NaO5P. The Bertz CT molecular complexity index is 331. The van der Waals surface area contributed by atoms with Gasteiger partial charge in [0, 0.05) is 0 Å². The molecular weight excluding hydrogens is 302 g/mol. The molecule has 120 valence electrons. The molecule has 0 radical (unpaired) electrons. The zero-order chi connectivity index (χ0) is 15.6. The normalized spacial score (nSPS) is 14.3. The molecule has 0 heterocycles. The van der Waals surface area contributed by atoms with Crippen molar-refractivity contribution in [3.05, 3.63) is 0 Å². The van der Waals surface area contributed by atoms with E-state index in [1.165, 1.54) is 32.6 Å². The summed E-state index contributed by atoms with van der Waals surface area (Å²) in [6.07, 6.45) is 8.12. The van der Waals surface area contributed by atoms with E-state index in [2.05, 4.69) is 6.92 Å². The van der Waals surface area contributed by atoms with Crippen molar-refractivity contribution in [2.75, 3.05) is 0 Å². The minimum absolute atomic E-state index is 0. The number of carboxylic acids is 1. The molecule has 2 N–H and O–H groups in total. The molecule has 5 nitrogen and oxygen atoms in total. The Kier molecular flexibility index (Phi) is 13.8. The van der Waals surface area contributed by atoms with Gasteiger partial charge in [0.25, 0.3) is 0 Å². The van der Waals surface area contributed by atoms with Gasteiger partial charge in [-0.2, -0.15) is 0 Å². The Morgan fingerprint density at radius 2 is 1.43 bits per heavy atom. The molecule has 0 fully saturated rings. The molecule has 0 spiro atoms. The zero-order valence-corrected chi connectivity index (χ0v) is 16.5. The van der Waals surface area contributed by atoms with Crippen LogP contribution in [0.25, 0.3) is 0 Å². The quantitative estimate of drug-likeness (QED) is 0.288.